The number of nitrogens with zero attached hydrogens (tertiary/aromatic N) is 3. The van der Waals surface area contributed by atoms with Crippen molar-refractivity contribution in [2.75, 3.05) is 45.9 Å². The fourth-order valence-corrected chi connectivity index (χ4v) is 4.71. The molecule has 3 amide bonds. The van der Waals surface area contributed by atoms with Crippen molar-refractivity contribution in [3.05, 3.63) is 48.0 Å². The van der Waals surface area contributed by atoms with Crippen molar-refractivity contribution in [3.8, 4) is 0 Å². The third-order valence-electron chi connectivity index (χ3n) is 6.68. The highest BCUT2D eigenvalue weighted by Crippen LogP contribution is 2.20. The second-order valence-corrected chi connectivity index (χ2v) is 9.31. The lowest BCUT2D eigenvalue weighted by atomic mass is 9.96. The van der Waals surface area contributed by atoms with Crippen LogP contribution in [-0.4, -0.2) is 78.7 Å². The minimum absolute atomic E-state index is 0.0330. The standard InChI is InChI=1S/C26H40N4O3/c1-4-14-28(19-22-8-6-21(3)7-9-22)20-23-10-15-29(16-11-23)25(31)27-24-12-17-30(18-13-24)26(32)33-5-2/h4,6-9,23-24H,1,5,10-20H2,2-3H3,(H,27,31). The monoisotopic (exact) mass is 456 g/mol. The zero-order valence-electron chi connectivity index (χ0n) is 20.3. The Kier molecular flexibility index (Phi) is 9.61. The van der Waals surface area contributed by atoms with E-state index in [1.807, 2.05) is 17.9 Å². The average molecular weight is 457 g/mol. The Labute approximate surface area is 198 Å². The number of hydrogen-bond acceptors (Lipinski definition) is 4. The van der Waals surface area contributed by atoms with Gasteiger partial charge in [-0.25, -0.2) is 9.59 Å². The second-order valence-electron chi connectivity index (χ2n) is 9.31. The molecule has 2 heterocycles. The summed E-state index contributed by atoms with van der Waals surface area (Å²) in [6, 6.07) is 8.90. The van der Waals surface area contributed by atoms with Gasteiger partial charge in [0, 0.05) is 51.9 Å². The van der Waals surface area contributed by atoms with Crippen molar-refractivity contribution in [1.82, 2.24) is 20.0 Å². The maximum atomic E-state index is 12.8. The third kappa shape index (κ3) is 7.77. The summed E-state index contributed by atoms with van der Waals surface area (Å²) in [6.07, 6.45) is 5.32. The molecule has 2 saturated heterocycles. The van der Waals surface area contributed by atoms with Gasteiger partial charge in [0.05, 0.1) is 6.61 Å². The van der Waals surface area contributed by atoms with Crippen LogP contribution in [0.2, 0.25) is 0 Å². The molecule has 1 N–H and O–H groups in total. The van der Waals surface area contributed by atoms with Crippen LogP contribution >= 0.6 is 0 Å². The number of urea groups is 1. The number of rotatable bonds is 8. The zero-order valence-corrected chi connectivity index (χ0v) is 20.3. The predicted molar refractivity (Wildman–Crippen MR) is 131 cm³/mol. The molecule has 0 unspecified atom stereocenters. The molecule has 0 atom stereocenters. The molecule has 2 fully saturated rings. The van der Waals surface area contributed by atoms with E-state index in [4.69, 9.17) is 4.74 Å². The van der Waals surface area contributed by atoms with Gasteiger partial charge in [-0.05, 0) is 51.0 Å². The molecule has 0 aromatic heterocycles. The Bertz CT molecular complexity index is 766. The minimum Gasteiger partial charge on any atom is -0.450 e. The molecule has 2 aliphatic rings. The van der Waals surface area contributed by atoms with Crippen LogP contribution in [0.5, 0.6) is 0 Å². The highest BCUT2D eigenvalue weighted by Gasteiger charge is 2.28. The summed E-state index contributed by atoms with van der Waals surface area (Å²) in [5.41, 5.74) is 2.61. The number of ether oxygens (including phenoxy) is 1. The molecule has 0 aliphatic carbocycles. The first-order chi connectivity index (χ1) is 16.0. The number of piperidine rings is 2. The molecule has 7 heteroatoms. The molecule has 0 spiro atoms. The molecule has 1 aromatic rings. The van der Waals surface area contributed by atoms with E-state index < -0.39 is 0 Å². The lowest BCUT2D eigenvalue weighted by Gasteiger charge is -2.37. The molecule has 1 aromatic carbocycles. The smallest absolute Gasteiger partial charge is 0.409 e. The molecule has 7 nitrogen and oxygen atoms in total. The summed E-state index contributed by atoms with van der Waals surface area (Å²) >= 11 is 0. The number of benzene rings is 1. The number of likely N-dealkylation sites (tertiary alicyclic amines) is 2. The number of carbonyl (C=O) groups is 2. The summed E-state index contributed by atoms with van der Waals surface area (Å²) in [5.74, 6) is 0.590. The van der Waals surface area contributed by atoms with Gasteiger partial charge in [0.25, 0.3) is 0 Å². The van der Waals surface area contributed by atoms with Gasteiger partial charge in [-0.1, -0.05) is 35.9 Å². The van der Waals surface area contributed by atoms with Crippen LogP contribution in [0.15, 0.2) is 36.9 Å². The van der Waals surface area contributed by atoms with E-state index in [9.17, 15) is 9.59 Å². The first kappa shape index (κ1) is 25.1. The quantitative estimate of drug-likeness (QED) is 0.600. The van der Waals surface area contributed by atoms with Gasteiger partial charge < -0.3 is 19.9 Å². The third-order valence-corrected chi connectivity index (χ3v) is 6.68. The molecule has 33 heavy (non-hydrogen) atoms. The summed E-state index contributed by atoms with van der Waals surface area (Å²) < 4.78 is 5.07. The van der Waals surface area contributed by atoms with Crippen molar-refractivity contribution < 1.29 is 14.3 Å². The Morgan fingerprint density at radius 1 is 1.09 bits per heavy atom. The van der Waals surface area contributed by atoms with Crippen molar-refractivity contribution in [2.45, 2.75) is 52.1 Å². The largest absolute Gasteiger partial charge is 0.450 e. The average Bonchev–Trinajstić information content (AvgIpc) is 2.82. The number of amides is 3. The van der Waals surface area contributed by atoms with E-state index in [1.165, 1.54) is 11.1 Å². The van der Waals surface area contributed by atoms with Gasteiger partial charge >= 0.3 is 12.1 Å². The summed E-state index contributed by atoms with van der Waals surface area (Å²) in [5, 5.41) is 3.18. The van der Waals surface area contributed by atoms with Crippen LogP contribution in [0.3, 0.4) is 0 Å². The van der Waals surface area contributed by atoms with Gasteiger partial charge in [-0.3, -0.25) is 4.90 Å². The van der Waals surface area contributed by atoms with E-state index in [0.717, 1.165) is 58.4 Å². The summed E-state index contributed by atoms with van der Waals surface area (Å²) in [7, 11) is 0. The van der Waals surface area contributed by atoms with Crippen LogP contribution in [0.4, 0.5) is 9.59 Å². The number of hydrogen-bond donors (Lipinski definition) is 1. The lowest BCUT2D eigenvalue weighted by Crippen LogP contribution is -2.52. The van der Waals surface area contributed by atoms with Gasteiger partial charge in [-0.15, -0.1) is 6.58 Å². The topological polar surface area (TPSA) is 65.1 Å². The molecule has 3 rings (SSSR count). The first-order valence-corrected chi connectivity index (χ1v) is 12.3. The van der Waals surface area contributed by atoms with Gasteiger partial charge in [-0.2, -0.15) is 0 Å². The van der Waals surface area contributed by atoms with Crippen molar-refractivity contribution in [1.29, 1.82) is 0 Å². The molecule has 182 valence electrons. The summed E-state index contributed by atoms with van der Waals surface area (Å²) in [4.78, 5) is 30.7. The van der Waals surface area contributed by atoms with Crippen molar-refractivity contribution >= 4 is 12.1 Å². The van der Waals surface area contributed by atoms with Gasteiger partial charge in [0.2, 0.25) is 0 Å². The fraction of sp³-hybridized carbons (Fsp3) is 0.615. The molecular weight excluding hydrogens is 416 g/mol. The fourth-order valence-electron chi connectivity index (χ4n) is 4.71. The van der Waals surface area contributed by atoms with Crippen LogP contribution in [0, 0.1) is 12.8 Å². The maximum absolute atomic E-state index is 12.8. The van der Waals surface area contributed by atoms with Crippen LogP contribution in [0.1, 0.15) is 43.7 Å². The minimum atomic E-state index is -0.253. The maximum Gasteiger partial charge on any atom is 0.409 e. The Hall–Kier alpha value is -2.54. The normalized spacial score (nSPS) is 17.8. The molecule has 0 bridgehead atoms. The number of nitrogens with one attached hydrogen (secondary N) is 1. The Morgan fingerprint density at radius 2 is 1.73 bits per heavy atom. The number of carbonyl (C=O) groups excluding carboxylic acids is 2. The Morgan fingerprint density at radius 3 is 2.33 bits per heavy atom. The molecular formula is C26H40N4O3. The number of aryl methyl sites for hydroxylation is 1. The van der Waals surface area contributed by atoms with Crippen LogP contribution in [-0.2, 0) is 11.3 Å². The van der Waals surface area contributed by atoms with E-state index in [0.29, 0.717) is 25.6 Å². The van der Waals surface area contributed by atoms with Gasteiger partial charge in [0.1, 0.15) is 0 Å². The van der Waals surface area contributed by atoms with E-state index >= 15 is 0 Å². The first-order valence-electron chi connectivity index (χ1n) is 12.3. The summed E-state index contributed by atoms with van der Waals surface area (Å²) in [6.45, 7) is 13.9. The van der Waals surface area contributed by atoms with Crippen molar-refractivity contribution in [2.24, 2.45) is 5.92 Å². The molecule has 0 saturated carbocycles. The molecule has 0 radical (unpaired) electrons. The van der Waals surface area contributed by atoms with E-state index in [1.54, 1.807) is 4.90 Å². The zero-order chi connectivity index (χ0) is 23.6. The predicted octanol–water partition coefficient (Wildman–Crippen LogP) is 4.03. The van der Waals surface area contributed by atoms with Gasteiger partial charge in [0.15, 0.2) is 0 Å². The van der Waals surface area contributed by atoms with E-state index in [2.05, 4.69) is 48.0 Å². The SMILES string of the molecule is C=CCN(Cc1ccc(C)cc1)CC1CCN(C(=O)NC2CCN(C(=O)OCC)CC2)CC1. The lowest BCUT2D eigenvalue weighted by molar-refractivity contribution is 0.0945. The Balaban J connectivity index is 1.39. The van der Waals surface area contributed by atoms with Crippen molar-refractivity contribution in [3.63, 3.8) is 0 Å². The van der Waals surface area contributed by atoms with Crippen LogP contribution < -0.4 is 5.32 Å². The second kappa shape index (κ2) is 12.6. The highest BCUT2D eigenvalue weighted by molar-refractivity contribution is 5.74. The van der Waals surface area contributed by atoms with E-state index in [-0.39, 0.29) is 18.2 Å². The molecule has 2 aliphatic heterocycles. The highest BCUT2D eigenvalue weighted by atomic mass is 16.6. The van der Waals surface area contributed by atoms with Crippen LogP contribution in [0.25, 0.3) is 0 Å².